The van der Waals surface area contributed by atoms with Crippen LogP contribution in [0.5, 0.6) is 0 Å². The molecule has 2 atom stereocenters. The highest BCUT2D eigenvalue weighted by molar-refractivity contribution is 5.90. The van der Waals surface area contributed by atoms with Crippen molar-refractivity contribution in [1.29, 1.82) is 0 Å². The molecule has 6 heteroatoms. The number of nitrogens with zero attached hydrogens (tertiary/aromatic N) is 3. The van der Waals surface area contributed by atoms with Crippen LogP contribution >= 0.6 is 0 Å². The largest absolute Gasteiger partial charge is 0.354 e. The van der Waals surface area contributed by atoms with Crippen molar-refractivity contribution in [3.8, 4) is 0 Å². The van der Waals surface area contributed by atoms with Crippen LogP contribution in [0.2, 0.25) is 0 Å². The number of hydrogen-bond acceptors (Lipinski definition) is 4. The Hall–Kier alpha value is -1.14. The van der Waals surface area contributed by atoms with E-state index in [-0.39, 0.29) is 23.8 Å². The Balaban J connectivity index is 1.64. The lowest BCUT2D eigenvalue weighted by Crippen LogP contribution is -2.48. The van der Waals surface area contributed by atoms with Crippen LogP contribution in [-0.4, -0.2) is 85.4 Å². The molecule has 0 unspecified atom stereocenters. The molecule has 0 aromatic rings. The molecule has 2 aliphatic heterocycles. The van der Waals surface area contributed by atoms with Crippen LogP contribution in [0.25, 0.3) is 0 Å². The van der Waals surface area contributed by atoms with Crippen molar-refractivity contribution in [3.05, 3.63) is 0 Å². The fourth-order valence-electron chi connectivity index (χ4n) is 6.73. The molecule has 1 N–H and O–H groups in total. The second-order valence-electron chi connectivity index (χ2n) is 13.2. The summed E-state index contributed by atoms with van der Waals surface area (Å²) in [7, 11) is 2.17. The van der Waals surface area contributed by atoms with Crippen LogP contribution in [0.4, 0.5) is 0 Å². The van der Waals surface area contributed by atoms with E-state index in [0.717, 1.165) is 58.5 Å². The number of piperazine rings is 1. The molecule has 0 saturated carbocycles. The van der Waals surface area contributed by atoms with Gasteiger partial charge in [0.2, 0.25) is 11.8 Å². The lowest BCUT2D eigenvalue weighted by Gasteiger charge is -2.32. The minimum Gasteiger partial charge on any atom is -0.354 e. The molecular formula is C35H68N4O2. The Bertz CT molecular complexity index is 665. The molecule has 2 saturated heterocycles. The quantitative estimate of drug-likeness (QED) is 0.115. The van der Waals surface area contributed by atoms with Crippen LogP contribution in [0.1, 0.15) is 149 Å². The van der Waals surface area contributed by atoms with Gasteiger partial charge in [0.05, 0.1) is 5.92 Å². The molecule has 0 aliphatic carbocycles. The van der Waals surface area contributed by atoms with Gasteiger partial charge in [-0.1, -0.05) is 129 Å². The molecule has 2 rings (SSSR count). The Morgan fingerprint density at radius 1 is 0.683 bits per heavy atom. The summed E-state index contributed by atoms with van der Waals surface area (Å²) in [6.45, 7) is 11.3. The molecule has 240 valence electrons. The van der Waals surface area contributed by atoms with Crippen molar-refractivity contribution in [2.24, 2.45) is 5.92 Å². The molecule has 2 heterocycles. The number of nitrogens with one attached hydrogen (secondary N) is 1. The Labute approximate surface area is 254 Å². The van der Waals surface area contributed by atoms with Crippen molar-refractivity contribution < 1.29 is 9.59 Å². The van der Waals surface area contributed by atoms with Gasteiger partial charge in [-0.2, -0.15) is 0 Å². The number of likely N-dealkylation sites (N-methyl/N-ethyl adjacent to an activating group) is 1. The molecule has 6 nitrogen and oxygen atoms in total. The standard InChI is InChI=1S/C35H68N4O2/c1-4-6-8-10-11-12-13-14-15-16-17-18-19-20-21-23-33-32(31-34(40)39(33)25-22-9-7-5-2)35(41)36-24-26-38-29-27-37(3)28-30-38/h32-33H,4-31H2,1-3H3,(H,36,41)/t32-,33+/m0/s1. The summed E-state index contributed by atoms with van der Waals surface area (Å²) in [6, 6.07) is 0.0923. The summed E-state index contributed by atoms with van der Waals surface area (Å²) < 4.78 is 0. The Morgan fingerprint density at radius 2 is 1.17 bits per heavy atom. The normalized spacial score (nSPS) is 20.3. The van der Waals surface area contributed by atoms with Gasteiger partial charge < -0.3 is 15.1 Å². The fraction of sp³-hybridized carbons (Fsp3) is 0.943. The van der Waals surface area contributed by atoms with E-state index in [0.29, 0.717) is 13.0 Å². The van der Waals surface area contributed by atoms with Gasteiger partial charge in [0.15, 0.2) is 0 Å². The van der Waals surface area contributed by atoms with Gasteiger partial charge in [-0.15, -0.1) is 0 Å². The third-order valence-electron chi connectivity index (χ3n) is 9.60. The van der Waals surface area contributed by atoms with Gasteiger partial charge in [0.25, 0.3) is 0 Å². The second kappa shape index (κ2) is 23.3. The van der Waals surface area contributed by atoms with Crippen molar-refractivity contribution in [2.75, 3.05) is 52.9 Å². The van der Waals surface area contributed by atoms with E-state index in [4.69, 9.17) is 0 Å². The van der Waals surface area contributed by atoms with Crippen molar-refractivity contribution in [3.63, 3.8) is 0 Å². The molecular weight excluding hydrogens is 508 g/mol. The lowest BCUT2D eigenvalue weighted by atomic mass is 9.93. The van der Waals surface area contributed by atoms with Crippen LogP contribution < -0.4 is 5.32 Å². The minimum atomic E-state index is -0.173. The number of carbonyl (C=O) groups excluding carboxylic acids is 2. The average molecular weight is 577 g/mol. The maximum Gasteiger partial charge on any atom is 0.225 e. The van der Waals surface area contributed by atoms with E-state index in [1.54, 1.807) is 0 Å². The van der Waals surface area contributed by atoms with Gasteiger partial charge in [0, 0.05) is 58.3 Å². The zero-order chi connectivity index (χ0) is 29.5. The first-order valence-corrected chi connectivity index (χ1v) is 18.0. The third kappa shape index (κ3) is 15.8. The highest BCUT2D eigenvalue weighted by Crippen LogP contribution is 2.30. The molecule has 2 aliphatic rings. The van der Waals surface area contributed by atoms with Crippen molar-refractivity contribution in [1.82, 2.24) is 20.0 Å². The van der Waals surface area contributed by atoms with Crippen LogP contribution in [0.15, 0.2) is 0 Å². The maximum absolute atomic E-state index is 13.3. The topological polar surface area (TPSA) is 55.9 Å². The van der Waals surface area contributed by atoms with Gasteiger partial charge >= 0.3 is 0 Å². The van der Waals surface area contributed by atoms with Gasteiger partial charge in [-0.05, 0) is 19.9 Å². The minimum absolute atomic E-state index is 0.0923. The SMILES string of the molecule is CCCCCCCCCCCCCCCCC[C@@H]1[C@@H](C(=O)NCCN2CCN(C)CC2)CC(=O)N1CCCCCC. The Morgan fingerprint density at radius 3 is 1.71 bits per heavy atom. The van der Waals surface area contributed by atoms with Gasteiger partial charge in [-0.25, -0.2) is 0 Å². The van der Waals surface area contributed by atoms with Gasteiger partial charge in [0.1, 0.15) is 0 Å². The monoisotopic (exact) mass is 577 g/mol. The first-order valence-electron chi connectivity index (χ1n) is 18.0. The number of hydrogen-bond donors (Lipinski definition) is 1. The molecule has 0 bridgehead atoms. The summed E-state index contributed by atoms with van der Waals surface area (Å²) in [5.41, 5.74) is 0. The first kappa shape index (κ1) is 36.1. The van der Waals surface area contributed by atoms with E-state index in [1.165, 1.54) is 109 Å². The van der Waals surface area contributed by atoms with Crippen molar-refractivity contribution >= 4 is 11.8 Å². The number of unbranched alkanes of at least 4 members (excludes halogenated alkanes) is 17. The average Bonchev–Trinajstić information content (AvgIpc) is 3.29. The molecule has 0 aromatic heterocycles. The molecule has 0 radical (unpaired) electrons. The predicted molar refractivity (Wildman–Crippen MR) is 174 cm³/mol. The molecule has 41 heavy (non-hydrogen) atoms. The van der Waals surface area contributed by atoms with Crippen LogP contribution in [0, 0.1) is 5.92 Å². The number of amides is 2. The van der Waals surface area contributed by atoms with Crippen LogP contribution in [-0.2, 0) is 9.59 Å². The maximum atomic E-state index is 13.3. The van der Waals surface area contributed by atoms with E-state index >= 15 is 0 Å². The smallest absolute Gasteiger partial charge is 0.225 e. The van der Waals surface area contributed by atoms with Crippen LogP contribution in [0.3, 0.4) is 0 Å². The molecule has 2 fully saturated rings. The summed E-state index contributed by atoms with van der Waals surface area (Å²) in [5.74, 6) is 0.133. The molecule has 0 spiro atoms. The van der Waals surface area contributed by atoms with E-state index in [2.05, 4.69) is 40.9 Å². The van der Waals surface area contributed by atoms with E-state index in [9.17, 15) is 9.59 Å². The van der Waals surface area contributed by atoms with E-state index in [1.807, 2.05) is 0 Å². The highest BCUT2D eigenvalue weighted by Gasteiger charge is 2.42. The van der Waals surface area contributed by atoms with Gasteiger partial charge in [-0.3, -0.25) is 14.5 Å². The van der Waals surface area contributed by atoms with Crippen molar-refractivity contribution in [2.45, 2.75) is 155 Å². The van der Waals surface area contributed by atoms with E-state index < -0.39 is 0 Å². The number of rotatable bonds is 25. The zero-order valence-corrected chi connectivity index (χ0v) is 27.6. The number of likely N-dealkylation sites (tertiary alicyclic amines) is 1. The summed E-state index contributed by atoms with van der Waals surface area (Å²) in [6.07, 6.45) is 26.5. The summed E-state index contributed by atoms with van der Waals surface area (Å²) >= 11 is 0. The molecule has 0 aromatic carbocycles. The lowest BCUT2D eigenvalue weighted by molar-refractivity contribution is -0.129. The highest BCUT2D eigenvalue weighted by atomic mass is 16.2. The zero-order valence-electron chi connectivity index (χ0n) is 27.6. The number of carbonyl (C=O) groups is 2. The first-order chi connectivity index (χ1) is 20.1. The second-order valence-corrected chi connectivity index (χ2v) is 13.2. The molecule has 2 amide bonds. The predicted octanol–water partition coefficient (Wildman–Crippen LogP) is 7.41. The summed E-state index contributed by atoms with van der Waals surface area (Å²) in [4.78, 5) is 33.2. The fourth-order valence-corrected chi connectivity index (χ4v) is 6.73. The summed E-state index contributed by atoms with van der Waals surface area (Å²) in [5, 5.41) is 3.21. The Kier molecular flexibility index (Phi) is 20.5. The third-order valence-corrected chi connectivity index (χ3v) is 9.60.